The Kier molecular flexibility index (Phi) is 4.07. The summed E-state index contributed by atoms with van der Waals surface area (Å²) in [5, 5.41) is 1.29. The molecule has 0 fully saturated rings. The first-order chi connectivity index (χ1) is 12.5. The molecule has 4 N–H and O–H groups in total. The van der Waals surface area contributed by atoms with Gasteiger partial charge in [0.05, 0.1) is 22.8 Å². The molecule has 0 saturated carbocycles. The summed E-state index contributed by atoms with van der Waals surface area (Å²) in [6, 6.07) is 13.2. The number of aliphatic imine (C=N–C) groups is 1. The van der Waals surface area contributed by atoms with Gasteiger partial charge in [-0.1, -0.05) is 29.8 Å². The maximum Gasteiger partial charge on any atom is 0.132 e. The van der Waals surface area contributed by atoms with Gasteiger partial charge in [-0.15, -0.1) is 0 Å². The second-order valence-electron chi connectivity index (χ2n) is 6.27. The molecule has 1 aliphatic rings. The van der Waals surface area contributed by atoms with Crippen LogP contribution in [0, 0.1) is 5.82 Å². The quantitative estimate of drug-likeness (QED) is 0.724. The van der Waals surface area contributed by atoms with Crippen molar-refractivity contribution in [3.8, 4) is 11.3 Å². The van der Waals surface area contributed by atoms with E-state index in [0.717, 1.165) is 10.9 Å². The van der Waals surface area contributed by atoms with Crippen LogP contribution in [-0.4, -0.2) is 17.2 Å². The minimum Gasteiger partial charge on any atom is -0.321 e. The van der Waals surface area contributed by atoms with Gasteiger partial charge in [-0.05, 0) is 42.0 Å². The summed E-state index contributed by atoms with van der Waals surface area (Å²) in [5.41, 5.74) is 14.1. The highest BCUT2D eigenvalue weighted by Crippen LogP contribution is 2.35. The van der Waals surface area contributed by atoms with Crippen LogP contribution in [0.3, 0.4) is 0 Å². The number of nitrogens with zero attached hydrogens (tertiary/aromatic N) is 2. The number of para-hydroxylation sites is 1. The van der Waals surface area contributed by atoms with E-state index in [2.05, 4.69) is 9.98 Å². The van der Waals surface area contributed by atoms with E-state index in [0.29, 0.717) is 21.8 Å². The molecule has 130 valence electrons. The number of rotatable bonds is 2. The van der Waals surface area contributed by atoms with E-state index in [1.165, 1.54) is 12.1 Å². The highest BCUT2D eigenvalue weighted by molar-refractivity contribution is 6.30. The summed E-state index contributed by atoms with van der Waals surface area (Å²) in [6.45, 7) is 0. The average Bonchev–Trinajstić information content (AvgIpc) is 2.65. The van der Waals surface area contributed by atoms with Crippen LogP contribution in [0.15, 0.2) is 65.8 Å². The molecule has 0 bridgehead atoms. The molecule has 2 atom stereocenters. The van der Waals surface area contributed by atoms with Crippen molar-refractivity contribution in [1.82, 2.24) is 4.98 Å². The van der Waals surface area contributed by atoms with Gasteiger partial charge in [0, 0.05) is 28.4 Å². The van der Waals surface area contributed by atoms with Crippen molar-refractivity contribution in [1.29, 1.82) is 0 Å². The maximum atomic E-state index is 14.4. The number of aromatic nitrogens is 1. The van der Waals surface area contributed by atoms with Crippen LogP contribution in [0.4, 0.5) is 4.39 Å². The Balaban J connectivity index is 2.02. The van der Waals surface area contributed by atoms with Crippen molar-refractivity contribution in [3.63, 3.8) is 0 Å². The Hall–Kier alpha value is -2.60. The highest BCUT2D eigenvalue weighted by atomic mass is 35.5. The van der Waals surface area contributed by atoms with Crippen LogP contribution in [0.25, 0.3) is 22.2 Å². The van der Waals surface area contributed by atoms with Crippen molar-refractivity contribution in [2.75, 3.05) is 0 Å². The van der Waals surface area contributed by atoms with Crippen LogP contribution in [0.5, 0.6) is 0 Å². The number of halogens is 2. The molecule has 1 aromatic heterocycles. The summed E-state index contributed by atoms with van der Waals surface area (Å²) < 4.78 is 14.4. The molecule has 4 rings (SSSR count). The van der Waals surface area contributed by atoms with Crippen molar-refractivity contribution in [2.45, 2.75) is 11.6 Å². The number of benzene rings is 2. The Morgan fingerprint density at radius 3 is 2.73 bits per heavy atom. The Morgan fingerprint density at radius 1 is 1.12 bits per heavy atom. The zero-order valence-corrected chi connectivity index (χ0v) is 14.5. The minimum absolute atomic E-state index is 0.315. The van der Waals surface area contributed by atoms with Gasteiger partial charge in [0.2, 0.25) is 0 Å². The SMILES string of the molecule is NC1C=NC=CC1(N)c1cc(-c2cc(Cl)ccc2F)nc2ccccc12. The van der Waals surface area contributed by atoms with Crippen molar-refractivity contribution < 1.29 is 4.39 Å². The Bertz CT molecular complexity index is 1060. The van der Waals surface area contributed by atoms with Gasteiger partial charge < -0.3 is 11.5 Å². The third kappa shape index (κ3) is 2.70. The van der Waals surface area contributed by atoms with Gasteiger partial charge in [-0.25, -0.2) is 9.37 Å². The minimum atomic E-state index is -0.978. The molecule has 2 aromatic carbocycles. The highest BCUT2D eigenvalue weighted by Gasteiger charge is 2.34. The smallest absolute Gasteiger partial charge is 0.132 e. The summed E-state index contributed by atoms with van der Waals surface area (Å²) >= 11 is 6.06. The monoisotopic (exact) mass is 366 g/mol. The van der Waals surface area contributed by atoms with E-state index >= 15 is 0 Å². The molecular weight excluding hydrogens is 351 g/mol. The molecule has 0 amide bonds. The zero-order chi connectivity index (χ0) is 18.3. The lowest BCUT2D eigenvalue weighted by Gasteiger charge is -2.33. The molecule has 2 heterocycles. The maximum absolute atomic E-state index is 14.4. The fourth-order valence-electron chi connectivity index (χ4n) is 3.18. The van der Waals surface area contributed by atoms with E-state index in [1.54, 1.807) is 30.6 Å². The van der Waals surface area contributed by atoms with E-state index in [9.17, 15) is 4.39 Å². The van der Waals surface area contributed by atoms with Crippen LogP contribution in [0.2, 0.25) is 5.02 Å². The van der Waals surface area contributed by atoms with Crippen LogP contribution < -0.4 is 11.5 Å². The van der Waals surface area contributed by atoms with Gasteiger partial charge in [-0.2, -0.15) is 0 Å². The molecule has 0 radical (unpaired) electrons. The summed E-state index contributed by atoms with van der Waals surface area (Å²) in [6.07, 6.45) is 4.99. The fourth-order valence-corrected chi connectivity index (χ4v) is 3.35. The molecule has 4 nitrogen and oxygen atoms in total. The van der Waals surface area contributed by atoms with E-state index in [1.807, 2.05) is 24.3 Å². The second-order valence-corrected chi connectivity index (χ2v) is 6.71. The lowest BCUT2D eigenvalue weighted by atomic mass is 9.81. The second kappa shape index (κ2) is 6.29. The van der Waals surface area contributed by atoms with Crippen molar-refractivity contribution in [2.24, 2.45) is 16.5 Å². The molecule has 0 spiro atoms. The fraction of sp³-hybridized carbons (Fsp3) is 0.100. The first-order valence-electron chi connectivity index (χ1n) is 8.10. The van der Waals surface area contributed by atoms with Crippen LogP contribution >= 0.6 is 11.6 Å². The lowest BCUT2D eigenvalue weighted by molar-refractivity contribution is 0.520. The summed E-state index contributed by atoms with van der Waals surface area (Å²) in [7, 11) is 0. The van der Waals surface area contributed by atoms with Gasteiger partial charge >= 0.3 is 0 Å². The predicted molar refractivity (Wildman–Crippen MR) is 104 cm³/mol. The zero-order valence-electron chi connectivity index (χ0n) is 13.7. The molecular formula is C20H16ClFN4. The third-order valence-electron chi connectivity index (χ3n) is 4.62. The van der Waals surface area contributed by atoms with Gasteiger partial charge in [0.1, 0.15) is 5.82 Å². The lowest BCUT2D eigenvalue weighted by Crippen LogP contribution is -2.53. The third-order valence-corrected chi connectivity index (χ3v) is 4.86. The van der Waals surface area contributed by atoms with Crippen molar-refractivity contribution in [3.05, 3.63) is 77.2 Å². The normalized spacial score (nSPS) is 22.1. The molecule has 0 saturated heterocycles. The first kappa shape index (κ1) is 16.8. The number of hydrogen-bond acceptors (Lipinski definition) is 4. The van der Waals surface area contributed by atoms with E-state index in [4.69, 9.17) is 23.1 Å². The summed E-state index contributed by atoms with van der Waals surface area (Å²) in [5.74, 6) is -0.403. The Labute approximate surface area is 155 Å². The average molecular weight is 367 g/mol. The Morgan fingerprint density at radius 2 is 1.92 bits per heavy atom. The first-order valence-corrected chi connectivity index (χ1v) is 8.48. The predicted octanol–water partition coefficient (Wildman–Crippen LogP) is 3.77. The molecule has 6 heteroatoms. The standard InChI is InChI=1S/C20H16ClFN4/c21-12-5-6-16(22)14(9-12)18-10-15(13-3-1-2-4-17(13)26-18)20(24)7-8-25-11-19(20)23/h1-11,19H,23-24H2. The molecule has 3 aromatic rings. The topological polar surface area (TPSA) is 77.3 Å². The number of fused-ring (bicyclic) bond motifs is 1. The van der Waals surface area contributed by atoms with E-state index < -0.39 is 17.4 Å². The number of nitrogens with two attached hydrogens (primary N) is 2. The van der Waals surface area contributed by atoms with Crippen molar-refractivity contribution >= 4 is 28.7 Å². The van der Waals surface area contributed by atoms with Gasteiger partial charge in [0.25, 0.3) is 0 Å². The number of pyridine rings is 1. The van der Waals surface area contributed by atoms with Crippen LogP contribution in [-0.2, 0) is 5.54 Å². The molecule has 26 heavy (non-hydrogen) atoms. The van der Waals surface area contributed by atoms with Gasteiger partial charge in [0.15, 0.2) is 0 Å². The van der Waals surface area contributed by atoms with Crippen LogP contribution in [0.1, 0.15) is 5.56 Å². The van der Waals surface area contributed by atoms with E-state index in [-0.39, 0.29) is 0 Å². The molecule has 2 unspecified atom stereocenters. The number of hydrogen-bond donors (Lipinski definition) is 2. The molecule has 0 aliphatic carbocycles. The largest absolute Gasteiger partial charge is 0.321 e. The van der Waals surface area contributed by atoms with Gasteiger partial charge in [-0.3, -0.25) is 4.99 Å². The molecule has 1 aliphatic heterocycles. The summed E-state index contributed by atoms with van der Waals surface area (Å²) in [4.78, 5) is 8.67.